The average molecular weight is 544 g/mol. The van der Waals surface area contributed by atoms with E-state index in [0.29, 0.717) is 20.9 Å². The number of nitrogens with zero attached hydrogens (tertiary/aromatic N) is 1. The van der Waals surface area contributed by atoms with E-state index in [1.807, 2.05) is 0 Å². The van der Waals surface area contributed by atoms with E-state index in [1.54, 1.807) is 12.1 Å². The van der Waals surface area contributed by atoms with Crippen LogP contribution in [0.2, 0.25) is 0 Å². The van der Waals surface area contributed by atoms with Crippen LogP contribution in [-0.4, -0.2) is 49.2 Å². The number of fused-ring (bicyclic) bond motifs is 1. The zero-order valence-corrected chi connectivity index (χ0v) is 20.9. The van der Waals surface area contributed by atoms with Gasteiger partial charge in [-0.2, -0.15) is 13.2 Å². The Morgan fingerprint density at radius 2 is 1.86 bits per heavy atom. The maximum Gasteiger partial charge on any atom is 0.391 e. The lowest BCUT2D eigenvalue weighted by molar-refractivity contribution is -0.322. The summed E-state index contributed by atoms with van der Waals surface area (Å²) in [5.41, 5.74) is 5.24. The predicted molar refractivity (Wildman–Crippen MR) is 130 cm³/mol. The van der Waals surface area contributed by atoms with Crippen molar-refractivity contribution in [1.29, 1.82) is 0 Å². The van der Waals surface area contributed by atoms with Gasteiger partial charge >= 0.3 is 11.3 Å². The summed E-state index contributed by atoms with van der Waals surface area (Å²) in [7, 11) is -3.95. The molecule has 4 rings (SSSR count). The molecular weight excluding hydrogens is 517 g/mol. The molecule has 0 radical (unpaired) electrons. The molecule has 2 heterocycles. The van der Waals surface area contributed by atoms with Crippen LogP contribution >= 0.6 is 11.3 Å². The third-order valence-electron chi connectivity index (χ3n) is 6.36. The predicted octanol–water partition coefficient (Wildman–Crippen LogP) is 3.65. The van der Waals surface area contributed by atoms with Crippen LogP contribution in [0.4, 0.5) is 24.0 Å². The highest BCUT2D eigenvalue weighted by molar-refractivity contribution is 7.93. The van der Waals surface area contributed by atoms with Crippen LogP contribution in [0.5, 0.6) is 0 Å². The topological polar surface area (TPSA) is 127 Å². The number of carbonyl (C=O) groups excluding carboxylic acids is 1. The van der Waals surface area contributed by atoms with Gasteiger partial charge in [-0.25, -0.2) is 13.4 Å². The fourth-order valence-corrected chi connectivity index (χ4v) is 6.41. The molecule has 0 saturated carbocycles. The number of carbonyl (C=O) groups is 1. The Balaban J connectivity index is 1.41. The SMILES string of the molecule is CC(CC1(O)CCN(C(=O)c2ccc(NS(=O)(=O)c3cccc4sc(N)[nH+]c34)cc2)CC1)C(F)(F)F. The molecule has 0 aliphatic carbocycles. The first-order valence-corrected chi connectivity index (χ1v) is 13.5. The fourth-order valence-electron chi connectivity index (χ4n) is 4.30. The number of rotatable bonds is 6. The minimum Gasteiger partial charge on any atom is -0.390 e. The van der Waals surface area contributed by atoms with Gasteiger partial charge in [-0.05, 0) is 67.0 Å². The van der Waals surface area contributed by atoms with Crippen LogP contribution in [0.15, 0.2) is 47.4 Å². The second-order valence-corrected chi connectivity index (χ2v) is 11.8. The molecular formula is C23H26F3N4O4S2+. The number of piperidine rings is 1. The maximum absolute atomic E-state index is 13.0. The molecule has 8 nitrogen and oxygen atoms in total. The van der Waals surface area contributed by atoms with E-state index in [9.17, 15) is 31.5 Å². The number of aliphatic hydroxyl groups is 1. The number of hydrogen-bond donors (Lipinski definition) is 3. The Hall–Kier alpha value is -2.90. The van der Waals surface area contributed by atoms with Gasteiger partial charge < -0.3 is 10.0 Å². The first kappa shape index (κ1) is 26.2. The number of amides is 1. The minimum atomic E-state index is -4.38. The van der Waals surface area contributed by atoms with Crippen molar-refractivity contribution < 1.29 is 36.5 Å². The number of likely N-dealkylation sites (tertiary alicyclic amines) is 1. The Labute approximate surface area is 210 Å². The van der Waals surface area contributed by atoms with Crippen molar-refractivity contribution in [3.63, 3.8) is 0 Å². The van der Waals surface area contributed by atoms with Gasteiger partial charge in [0.25, 0.3) is 15.9 Å². The quantitative estimate of drug-likeness (QED) is 0.438. The van der Waals surface area contributed by atoms with Gasteiger partial charge in [0.2, 0.25) is 0 Å². The van der Waals surface area contributed by atoms with Gasteiger partial charge in [0.05, 0.1) is 16.2 Å². The number of nitrogens with two attached hydrogens (primary N) is 1. The van der Waals surface area contributed by atoms with Crippen molar-refractivity contribution in [1.82, 2.24) is 4.90 Å². The number of hydrogen-bond acceptors (Lipinski definition) is 6. The third kappa shape index (κ3) is 5.57. The molecule has 1 fully saturated rings. The number of H-pyrrole nitrogens is 1. The number of sulfonamides is 1. The van der Waals surface area contributed by atoms with E-state index in [4.69, 9.17) is 5.73 Å². The number of alkyl halides is 3. The Morgan fingerprint density at radius 1 is 1.22 bits per heavy atom. The van der Waals surface area contributed by atoms with Crippen LogP contribution in [0.1, 0.15) is 36.5 Å². The monoisotopic (exact) mass is 543 g/mol. The molecule has 2 aromatic carbocycles. The second kappa shape index (κ2) is 9.52. The van der Waals surface area contributed by atoms with Crippen LogP contribution in [0.3, 0.4) is 0 Å². The summed E-state index contributed by atoms with van der Waals surface area (Å²) >= 11 is 1.23. The van der Waals surface area contributed by atoms with E-state index >= 15 is 0 Å². The van der Waals surface area contributed by atoms with Gasteiger partial charge in [0.15, 0.2) is 5.52 Å². The molecule has 1 aliphatic rings. The first-order valence-electron chi connectivity index (χ1n) is 11.2. The fraction of sp³-hybridized carbons (Fsp3) is 0.391. The number of para-hydroxylation sites is 1. The molecule has 13 heteroatoms. The molecule has 1 saturated heterocycles. The number of halogens is 3. The highest BCUT2D eigenvalue weighted by Gasteiger charge is 2.43. The molecule has 1 atom stereocenters. The van der Waals surface area contributed by atoms with Gasteiger partial charge in [0.1, 0.15) is 4.90 Å². The Kier molecular flexibility index (Phi) is 6.92. The molecule has 0 bridgehead atoms. The lowest BCUT2D eigenvalue weighted by Crippen LogP contribution is -2.48. The molecule has 5 N–H and O–H groups in total. The molecule has 36 heavy (non-hydrogen) atoms. The van der Waals surface area contributed by atoms with Crippen LogP contribution in [-0.2, 0) is 10.0 Å². The van der Waals surface area contributed by atoms with Gasteiger partial charge in [-0.15, -0.1) is 0 Å². The summed E-state index contributed by atoms with van der Waals surface area (Å²) in [6.07, 6.45) is -4.69. The number of benzene rings is 2. The summed E-state index contributed by atoms with van der Waals surface area (Å²) < 4.78 is 67.7. The summed E-state index contributed by atoms with van der Waals surface area (Å²) in [4.78, 5) is 17.2. The van der Waals surface area contributed by atoms with Gasteiger partial charge in [0, 0.05) is 24.3 Å². The van der Waals surface area contributed by atoms with Crippen LogP contribution in [0, 0.1) is 5.92 Å². The van der Waals surface area contributed by atoms with E-state index < -0.39 is 34.1 Å². The maximum atomic E-state index is 13.0. The number of nitrogens with one attached hydrogen (secondary N) is 2. The summed E-state index contributed by atoms with van der Waals surface area (Å²) in [5, 5.41) is 10.9. The Morgan fingerprint density at radius 3 is 2.47 bits per heavy atom. The van der Waals surface area contributed by atoms with Gasteiger partial charge in [-0.1, -0.05) is 13.0 Å². The lowest BCUT2D eigenvalue weighted by atomic mass is 9.83. The van der Waals surface area contributed by atoms with Crippen LogP contribution < -0.4 is 15.4 Å². The van der Waals surface area contributed by atoms with Gasteiger partial charge in [-0.3, -0.25) is 15.3 Å². The minimum absolute atomic E-state index is 0.0359. The third-order valence-corrected chi connectivity index (χ3v) is 8.66. The molecule has 0 spiro atoms. The van der Waals surface area contributed by atoms with Crippen molar-refractivity contribution in [2.24, 2.45) is 5.92 Å². The van der Waals surface area contributed by atoms with Crippen molar-refractivity contribution in [3.05, 3.63) is 48.0 Å². The zero-order valence-electron chi connectivity index (χ0n) is 19.3. The average Bonchev–Trinajstić information content (AvgIpc) is 3.18. The number of thiazole rings is 1. The Bertz CT molecular complexity index is 1370. The molecule has 3 aromatic rings. The number of aromatic amines is 1. The second-order valence-electron chi connectivity index (χ2n) is 9.07. The highest BCUT2D eigenvalue weighted by atomic mass is 32.2. The lowest BCUT2D eigenvalue weighted by Gasteiger charge is -2.39. The van der Waals surface area contributed by atoms with E-state index in [1.165, 1.54) is 46.6 Å². The van der Waals surface area contributed by atoms with E-state index in [-0.39, 0.29) is 42.4 Å². The first-order chi connectivity index (χ1) is 16.8. The number of nitrogen functional groups attached to an aromatic ring is 1. The summed E-state index contributed by atoms with van der Waals surface area (Å²) in [5.74, 6) is -1.98. The molecule has 194 valence electrons. The zero-order chi connectivity index (χ0) is 26.3. The largest absolute Gasteiger partial charge is 0.391 e. The smallest absolute Gasteiger partial charge is 0.390 e. The highest BCUT2D eigenvalue weighted by Crippen LogP contribution is 2.37. The normalized spacial score (nSPS) is 17.2. The van der Waals surface area contributed by atoms with Crippen molar-refractivity contribution in [2.45, 2.75) is 42.9 Å². The molecule has 1 aromatic heterocycles. The van der Waals surface area contributed by atoms with Crippen molar-refractivity contribution in [2.75, 3.05) is 23.5 Å². The standard InChI is InChI=1S/C23H25F3N4O4S2/c1-14(23(24,25)26)13-22(32)9-11-30(12-10-22)20(31)15-5-7-16(8-6-15)29-36(33,34)18-4-2-3-17-19(18)28-21(27)35-17/h2-8,14,29,32H,9-13H2,1H3,(H2,27,28)/p+1. The molecule has 1 unspecified atom stereocenters. The van der Waals surface area contributed by atoms with E-state index in [2.05, 4.69) is 9.71 Å². The molecule has 1 amide bonds. The molecule has 1 aliphatic heterocycles. The van der Waals surface area contributed by atoms with E-state index in [0.717, 1.165) is 6.92 Å². The summed E-state index contributed by atoms with van der Waals surface area (Å²) in [6, 6.07) is 10.7. The number of aromatic nitrogens is 1. The van der Waals surface area contributed by atoms with Crippen LogP contribution in [0.25, 0.3) is 10.2 Å². The summed E-state index contributed by atoms with van der Waals surface area (Å²) in [6.45, 7) is 1.29. The number of anilines is 2. The van der Waals surface area contributed by atoms with Crippen molar-refractivity contribution >= 4 is 48.3 Å². The van der Waals surface area contributed by atoms with Crippen molar-refractivity contribution in [3.8, 4) is 0 Å².